The van der Waals surface area contributed by atoms with Crippen LogP contribution in [0.15, 0.2) is 0 Å². The summed E-state index contributed by atoms with van der Waals surface area (Å²) in [7, 11) is 3.51. The molecule has 0 bridgehead atoms. The molecule has 1 saturated heterocycles. The second kappa shape index (κ2) is 5.77. The van der Waals surface area contributed by atoms with Gasteiger partial charge in [0.15, 0.2) is 0 Å². The fourth-order valence-electron chi connectivity index (χ4n) is 3.24. The molecule has 2 aliphatic rings. The Kier molecular flexibility index (Phi) is 4.48. The van der Waals surface area contributed by atoms with Crippen LogP contribution >= 0.6 is 0 Å². The Balaban J connectivity index is 2.03. The van der Waals surface area contributed by atoms with Gasteiger partial charge in [0.1, 0.15) is 5.54 Å². The molecule has 0 aromatic carbocycles. The smallest absolute Gasteiger partial charge is 0.325 e. The van der Waals surface area contributed by atoms with Crippen LogP contribution in [-0.2, 0) is 9.53 Å². The van der Waals surface area contributed by atoms with Crippen molar-refractivity contribution in [2.45, 2.75) is 37.8 Å². The van der Waals surface area contributed by atoms with Crippen LogP contribution in [0.1, 0.15) is 26.2 Å². The van der Waals surface area contributed by atoms with Crippen molar-refractivity contribution < 1.29 is 14.6 Å². The Morgan fingerprint density at radius 3 is 2.63 bits per heavy atom. The molecule has 1 aliphatic heterocycles. The number of likely N-dealkylation sites (N-methyl/N-ethyl adjacent to an activating group) is 1. The number of hydrogen-bond acceptors (Lipinski definition) is 4. The molecule has 1 heterocycles. The van der Waals surface area contributed by atoms with E-state index in [9.17, 15) is 9.90 Å². The van der Waals surface area contributed by atoms with Gasteiger partial charge in [-0.25, -0.2) is 0 Å². The lowest BCUT2D eigenvalue weighted by Gasteiger charge is -2.41. The van der Waals surface area contributed by atoms with Crippen molar-refractivity contribution in [3.63, 3.8) is 0 Å². The molecule has 2 fully saturated rings. The van der Waals surface area contributed by atoms with Gasteiger partial charge in [0.05, 0.1) is 6.10 Å². The first-order valence-corrected chi connectivity index (χ1v) is 7.21. The summed E-state index contributed by atoms with van der Waals surface area (Å²) >= 11 is 0. The van der Waals surface area contributed by atoms with E-state index in [0.29, 0.717) is 12.5 Å². The maximum absolute atomic E-state index is 11.7. The monoisotopic (exact) mass is 270 g/mol. The summed E-state index contributed by atoms with van der Waals surface area (Å²) in [5.74, 6) is 0.108. The van der Waals surface area contributed by atoms with Crippen LogP contribution < -0.4 is 5.32 Å². The minimum absolute atomic E-state index is 0.219. The number of methoxy groups -OCH3 is 1. The van der Waals surface area contributed by atoms with Gasteiger partial charge in [0.2, 0.25) is 0 Å². The highest BCUT2D eigenvalue weighted by Crippen LogP contribution is 2.40. The van der Waals surface area contributed by atoms with Crippen LogP contribution in [0, 0.1) is 11.8 Å². The normalized spacial score (nSPS) is 31.9. The van der Waals surface area contributed by atoms with Gasteiger partial charge >= 0.3 is 5.97 Å². The third kappa shape index (κ3) is 2.93. The first kappa shape index (κ1) is 14.8. The van der Waals surface area contributed by atoms with Gasteiger partial charge < -0.3 is 15.2 Å². The van der Waals surface area contributed by atoms with Crippen LogP contribution in [0.4, 0.5) is 0 Å². The Morgan fingerprint density at radius 1 is 1.47 bits per heavy atom. The molecular formula is C14H26N2O3. The van der Waals surface area contributed by atoms with Gasteiger partial charge in [-0.3, -0.25) is 9.69 Å². The number of likely N-dealkylation sites (tertiary alicyclic amines) is 1. The number of rotatable bonds is 6. The van der Waals surface area contributed by atoms with Crippen molar-refractivity contribution in [3.8, 4) is 0 Å². The molecule has 110 valence electrons. The third-order valence-corrected chi connectivity index (χ3v) is 4.85. The number of hydrogen-bond donors (Lipinski definition) is 2. The summed E-state index contributed by atoms with van der Waals surface area (Å²) < 4.78 is 5.51. The predicted octanol–water partition coefficient (Wildman–Crippen LogP) is 0.796. The van der Waals surface area contributed by atoms with Crippen LogP contribution in [0.25, 0.3) is 0 Å². The lowest BCUT2D eigenvalue weighted by atomic mass is 9.89. The predicted molar refractivity (Wildman–Crippen MR) is 73.2 cm³/mol. The van der Waals surface area contributed by atoms with E-state index in [1.165, 1.54) is 0 Å². The van der Waals surface area contributed by atoms with Gasteiger partial charge in [-0.2, -0.15) is 0 Å². The Labute approximate surface area is 115 Å². The van der Waals surface area contributed by atoms with Crippen LogP contribution in [0.5, 0.6) is 0 Å². The van der Waals surface area contributed by atoms with E-state index in [-0.39, 0.29) is 12.0 Å². The van der Waals surface area contributed by atoms with E-state index in [1.54, 1.807) is 14.2 Å². The molecule has 2 N–H and O–H groups in total. The van der Waals surface area contributed by atoms with Crippen molar-refractivity contribution in [1.29, 1.82) is 0 Å². The van der Waals surface area contributed by atoms with Gasteiger partial charge in [-0.15, -0.1) is 0 Å². The molecule has 1 aliphatic carbocycles. The average Bonchev–Trinajstić information content (AvgIpc) is 3.22. The van der Waals surface area contributed by atoms with Crippen molar-refractivity contribution in [3.05, 3.63) is 0 Å². The molecule has 3 atom stereocenters. The third-order valence-electron chi connectivity index (χ3n) is 4.85. The largest absolute Gasteiger partial charge is 0.480 e. The van der Waals surface area contributed by atoms with Crippen LogP contribution in [0.3, 0.4) is 0 Å². The van der Waals surface area contributed by atoms with Crippen molar-refractivity contribution >= 4 is 5.97 Å². The average molecular weight is 270 g/mol. The molecule has 0 radical (unpaired) electrons. The fraction of sp³-hybridized carbons (Fsp3) is 0.929. The lowest BCUT2D eigenvalue weighted by Crippen LogP contribution is -2.61. The number of carbonyl (C=O) groups is 1. The Bertz CT molecular complexity index is 333. The summed E-state index contributed by atoms with van der Waals surface area (Å²) in [6.07, 6.45) is 3.33. The first-order chi connectivity index (χ1) is 9.03. The van der Waals surface area contributed by atoms with Crippen molar-refractivity contribution in [2.24, 2.45) is 11.8 Å². The maximum Gasteiger partial charge on any atom is 0.325 e. The quantitative estimate of drug-likeness (QED) is 0.747. The molecule has 0 aromatic rings. The zero-order valence-corrected chi connectivity index (χ0v) is 12.2. The maximum atomic E-state index is 11.7. The number of carboxylic acids is 1. The van der Waals surface area contributed by atoms with Gasteiger partial charge in [0, 0.05) is 20.2 Å². The Hall–Kier alpha value is -0.650. The molecule has 19 heavy (non-hydrogen) atoms. The zero-order valence-electron chi connectivity index (χ0n) is 12.2. The minimum Gasteiger partial charge on any atom is -0.480 e. The fourth-order valence-corrected chi connectivity index (χ4v) is 3.24. The van der Waals surface area contributed by atoms with Crippen LogP contribution in [-0.4, -0.2) is 61.4 Å². The van der Waals surface area contributed by atoms with Gasteiger partial charge in [0.25, 0.3) is 0 Å². The summed E-state index contributed by atoms with van der Waals surface area (Å²) in [5.41, 5.74) is -0.779. The highest BCUT2D eigenvalue weighted by atomic mass is 16.5. The topological polar surface area (TPSA) is 61.8 Å². The number of aliphatic carboxylic acids is 1. The molecule has 0 spiro atoms. The van der Waals surface area contributed by atoms with E-state index < -0.39 is 11.5 Å². The van der Waals surface area contributed by atoms with E-state index in [4.69, 9.17) is 4.74 Å². The number of nitrogens with one attached hydrogen (secondary N) is 1. The highest BCUT2D eigenvalue weighted by Gasteiger charge is 2.51. The van der Waals surface area contributed by atoms with E-state index in [2.05, 4.69) is 17.1 Å². The molecule has 5 nitrogen and oxygen atoms in total. The number of carboxylic acid groups (broad SMARTS) is 1. The summed E-state index contributed by atoms with van der Waals surface area (Å²) in [5, 5.41) is 12.7. The van der Waals surface area contributed by atoms with Crippen molar-refractivity contribution in [1.82, 2.24) is 10.2 Å². The van der Waals surface area contributed by atoms with Gasteiger partial charge in [-0.1, -0.05) is 6.92 Å². The first-order valence-electron chi connectivity index (χ1n) is 7.21. The van der Waals surface area contributed by atoms with Gasteiger partial charge in [-0.05, 0) is 44.7 Å². The summed E-state index contributed by atoms with van der Waals surface area (Å²) in [6.45, 7) is 4.58. The second-order valence-corrected chi connectivity index (χ2v) is 6.08. The van der Waals surface area contributed by atoms with E-state index >= 15 is 0 Å². The number of nitrogens with zero attached hydrogens (tertiary/aromatic N) is 1. The lowest BCUT2D eigenvalue weighted by molar-refractivity contribution is -0.147. The SMILES string of the molecule is CNC(CN1CCC(C)C(OC)C1)(C(=O)O)C1CC1. The number of ether oxygens (including phenoxy) is 1. The standard InChI is InChI=1S/C14H26N2O3/c1-10-6-7-16(8-12(10)19-3)9-14(15-2,13(17)18)11-4-5-11/h10-12,15H,4-9H2,1-3H3,(H,17,18). The van der Waals surface area contributed by atoms with Crippen molar-refractivity contribution in [2.75, 3.05) is 33.8 Å². The zero-order chi connectivity index (χ0) is 14.0. The van der Waals surface area contributed by atoms with E-state index in [1.807, 2.05) is 0 Å². The van der Waals surface area contributed by atoms with E-state index in [0.717, 1.165) is 32.4 Å². The summed E-state index contributed by atoms with van der Waals surface area (Å²) in [4.78, 5) is 13.9. The summed E-state index contributed by atoms with van der Waals surface area (Å²) in [6, 6.07) is 0. The molecule has 0 aromatic heterocycles. The molecular weight excluding hydrogens is 244 g/mol. The second-order valence-electron chi connectivity index (χ2n) is 6.08. The van der Waals surface area contributed by atoms with Crippen LogP contribution in [0.2, 0.25) is 0 Å². The molecule has 3 unspecified atom stereocenters. The number of piperidine rings is 1. The highest BCUT2D eigenvalue weighted by molar-refractivity contribution is 5.80. The molecule has 2 rings (SSSR count). The molecule has 1 saturated carbocycles. The Morgan fingerprint density at radius 2 is 2.16 bits per heavy atom. The molecule has 0 amide bonds. The molecule has 5 heteroatoms. The minimum atomic E-state index is -0.779.